The summed E-state index contributed by atoms with van der Waals surface area (Å²) in [5.41, 5.74) is -1.30. The summed E-state index contributed by atoms with van der Waals surface area (Å²) in [5, 5.41) is 22.7. The summed E-state index contributed by atoms with van der Waals surface area (Å²) in [7, 11) is 1.54. The SMILES string of the molecule is CNC(C)(CCOc1ccc(Br)cc1[N+](=O)[O-])C(=O)O. The first-order valence-electron chi connectivity index (χ1n) is 5.79. The predicted molar refractivity (Wildman–Crippen MR) is 76.0 cm³/mol. The van der Waals surface area contributed by atoms with Crippen molar-refractivity contribution in [1.82, 2.24) is 5.32 Å². The van der Waals surface area contributed by atoms with Crippen LogP contribution in [0.15, 0.2) is 22.7 Å². The number of hydrogen-bond acceptors (Lipinski definition) is 5. The highest BCUT2D eigenvalue weighted by atomic mass is 79.9. The number of nitro benzene ring substituents is 1. The van der Waals surface area contributed by atoms with E-state index in [2.05, 4.69) is 21.2 Å². The summed E-state index contributed by atoms with van der Waals surface area (Å²) in [4.78, 5) is 21.4. The molecule has 20 heavy (non-hydrogen) atoms. The van der Waals surface area contributed by atoms with Crippen LogP contribution >= 0.6 is 15.9 Å². The van der Waals surface area contributed by atoms with Crippen LogP contribution in [0, 0.1) is 10.1 Å². The van der Waals surface area contributed by atoms with Crippen LogP contribution < -0.4 is 10.1 Å². The molecule has 1 aromatic rings. The standard InChI is InChI=1S/C12H15BrN2O5/c1-12(14-2,11(16)17)5-6-20-10-4-3-8(13)7-9(10)15(18)19/h3-4,7,14H,5-6H2,1-2H3,(H,16,17). The van der Waals surface area contributed by atoms with E-state index in [0.717, 1.165) is 0 Å². The van der Waals surface area contributed by atoms with Crippen molar-refractivity contribution in [3.8, 4) is 5.75 Å². The number of nitrogens with zero attached hydrogens (tertiary/aromatic N) is 1. The highest BCUT2D eigenvalue weighted by molar-refractivity contribution is 9.10. The van der Waals surface area contributed by atoms with E-state index in [1.807, 2.05) is 0 Å². The van der Waals surface area contributed by atoms with Crippen LogP contribution in [-0.2, 0) is 4.79 Å². The van der Waals surface area contributed by atoms with Gasteiger partial charge in [0.2, 0.25) is 0 Å². The first kappa shape index (κ1) is 16.4. The van der Waals surface area contributed by atoms with Gasteiger partial charge in [-0.1, -0.05) is 15.9 Å². The summed E-state index contributed by atoms with van der Waals surface area (Å²) < 4.78 is 5.91. The van der Waals surface area contributed by atoms with Crippen molar-refractivity contribution in [1.29, 1.82) is 0 Å². The van der Waals surface area contributed by atoms with Gasteiger partial charge >= 0.3 is 11.7 Å². The van der Waals surface area contributed by atoms with E-state index in [1.54, 1.807) is 6.07 Å². The maximum absolute atomic E-state index is 11.1. The fraction of sp³-hybridized carbons (Fsp3) is 0.417. The lowest BCUT2D eigenvalue weighted by atomic mass is 9.99. The third-order valence-electron chi connectivity index (χ3n) is 3.00. The van der Waals surface area contributed by atoms with E-state index >= 15 is 0 Å². The third kappa shape index (κ3) is 3.91. The van der Waals surface area contributed by atoms with Crippen molar-refractivity contribution in [2.75, 3.05) is 13.7 Å². The molecule has 1 atom stereocenters. The Balaban J connectivity index is 2.76. The summed E-state index contributed by atoms with van der Waals surface area (Å²) >= 11 is 3.15. The molecule has 0 aromatic heterocycles. The Morgan fingerprint density at radius 1 is 1.60 bits per heavy atom. The molecule has 0 bridgehead atoms. The second kappa shape index (κ2) is 6.67. The fourth-order valence-corrected chi connectivity index (χ4v) is 1.81. The van der Waals surface area contributed by atoms with Gasteiger partial charge in [-0.15, -0.1) is 0 Å². The van der Waals surface area contributed by atoms with Gasteiger partial charge in [0.05, 0.1) is 11.5 Å². The number of hydrogen-bond donors (Lipinski definition) is 2. The van der Waals surface area contributed by atoms with Crippen LogP contribution in [0.3, 0.4) is 0 Å². The number of benzene rings is 1. The maximum atomic E-state index is 11.1. The second-order valence-electron chi connectivity index (χ2n) is 4.35. The number of rotatable bonds is 7. The van der Waals surface area contributed by atoms with Crippen LogP contribution in [0.1, 0.15) is 13.3 Å². The zero-order chi connectivity index (χ0) is 15.3. The molecule has 0 heterocycles. The number of nitrogens with one attached hydrogen (secondary N) is 1. The summed E-state index contributed by atoms with van der Waals surface area (Å²) in [6, 6.07) is 4.43. The molecule has 0 saturated heterocycles. The van der Waals surface area contributed by atoms with Crippen molar-refractivity contribution in [2.24, 2.45) is 0 Å². The van der Waals surface area contributed by atoms with Gasteiger partial charge in [-0.2, -0.15) is 0 Å². The topological polar surface area (TPSA) is 102 Å². The summed E-state index contributed by atoms with van der Waals surface area (Å²) in [5.74, 6) is -0.893. The second-order valence-corrected chi connectivity index (χ2v) is 5.27. The Hall–Kier alpha value is -1.67. The summed E-state index contributed by atoms with van der Waals surface area (Å²) in [6.07, 6.45) is 0.173. The number of aliphatic carboxylic acids is 1. The van der Waals surface area contributed by atoms with Crippen molar-refractivity contribution >= 4 is 27.6 Å². The van der Waals surface area contributed by atoms with Crippen LogP contribution in [0.2, 0.25) is 0 Å². The number of carboxylic acids is 1. The first-order valence-corrected chi connectivity index (χ1v) is 6.58. The van der Waals surface area contributed by atoms with Crippen molar-refractivity contribution < 1.29 is 19.6 Å². The lowest BCUT2D eigenvalue weighted by Gasteiger charge is -2.23. The van der Waals surface area contributed by atoms with E-state index in [-0.39, 0.29) is 24.5 Å². The Morgan fingerprint density at radius 3 is 2.75 bits per heavy atom. The molecule has 1 unspecified atom stereocenters. The average molecular weight is 347 g/mol. The lowest BCUT2D eigenvalue weighted by Crippen LogP contribution is -2.48. The van der Waals surface area contributed by atoms with Gasteiger partial charge in [-0.05, 0) is 26.1 Å². The van der Waals surface area contributed by atoms with Gasteiger partial charge in [0, 0.05) is 17.0 Å². The fourth-order valence-electron chi connectivity index (χ4n) is 1.46. The van der Waals surface area contributed by atoms with Crippen LogP contribution in [-0.4, -0.2) is 35.2 Å². The molecule has 0 spiro atoms. The predicted octanol–water partition coefficient (Wildman–Crippen LogP) is 2.19. The Morgan fingerprint density at radius 2 is 2.25 bits per heavy atom. The van der Waals surface area contributed by atoms with Crippen molar-refractivity contribution in [3.63, 3.8) is 0 Å². The molecular weight excluding hydrogens is 332 g/mol. The van der Waals surface area contributed by atoms with Gasteiger partial charge in [0.1, 0.15) is 5.54 Å². The molecule has 0 aliphatic heterocycles. The van der Waals surface area contributed by atoms with Crippen LogP contribution in [0.25, 0.3) is 0 Å². The monoisotopic (exact) mass is 346 g/mol. The molecule has 0 radical (unpaired) electrons. The summed E-state index contributed by atoms with van der Waals surface area (Å²) in [6.45, 7) is 1.57. The third-order valence-corrected chi connectivity index (χ3v) is 3.49. The molecule has 1 aromatic carbocycles. The minimum atomic E-state index is -1.13. The largest absolute Gasteiger partial charge is 0.487 e. The Labute approximate surface area is 124 Å². The molecule has 1 rings (SSSR count). The van der Waals surface area contributed by atoms with Gasteiger partial charge < -0.3 is 15.2 Å². The van der Waals surface area contributed by atoms with E-state index in [1.165, 1.54) is 26.1 Å². The van der Waals surface area contributed by atoms with E-state index in [4.69, 9.17) is 9.84 Å². The zero-order valence-electron chi connectivity index (χ0n) is 11.1. The van der Waals surface area contributed by atoms with Crippen LogP contribution in [0.5, 0.6) is 5.75 Å². The minimum absolute atomic E-state index is 0.0477. The number of halogens is 1. The molecule has 0 aliphatic rings. The molecule has 2 N–H and O–H groups in total. The average Bonchev–Trinajstić information content (AvgIpc) is 2.39. The quantitative estimate of drug-likeness (QED) is 0.579. The lowest BCUT2D eigenvalue weighted by molar-refractivity contribution is -0.385. The van der Waals surface area contributed by atoms with E-state index < -0.39 is 16.4 Å². The molecule has 0 aliphatic carbocycles. The molecule has 0 fully saturated rings. The van der Waals surface area contributed by atoms with E-state index in [9.17, 15) is 14.9 Å². The maximum Gasteiger partial charge on any atom is 0.323 e. The molecule has 7 nitrogen and oxygen atoms in total. The molecule has 0 saturated carbocycles. The Kier molecular flexibility index (Phi) is 5.46. The highest BCUT2D eigenvalue weighted by Gasteiger charge is 2.31. The number of carbonyl (C=O) groups is 1. The van der Waals surface area contributed by atoms with E-state index in [0.29, 0.717) is 4.47 Å². The van der Waals surface area contributed by atoms with Crippen molar-refractivity contribution in [3.05, 3.63) is 32.8 Å². The molecular formula is C12H15BrN2O5. The van der Waals surface area contributed by atoms with Gasteiger partial charge in [0.25, 0.3) is 0 Å². The molecule has 8 heteroatoms. The first-order chi connectivity index (χ1) is 9.30. The zero-order valence-corrected chi connectivity index (χ0v) is 12.6. The normalized spacial score (nSPS) is 13.6. The highest BCUT2D eigenvalue weighted by Crippen LogP contribution is 2.30. The van der Waals surface area contributed by atoms with Crippen molar-refractivity contribution in [2.45, 2.75) is 18.9 Å². The van der Waals surface area contributed by atoms with Gasteiger partial charge in [0.15, 0.2) is 5.75 Å². The molecule has 110 valence electrons. The number of nitro groups is 1. The number of likely N-dealkylation sites (N-methyl/N-ethyl adjacent to an activating group) is 1. The Bertz CT molecular complexity index is 523. The number of ether oxygens (including phenoxy) is 1. The number of carboxylic acid groups (broad SMARTS) is 1. The van der Waals surface area contributed by atoms with Crippen LogP contribution in [0.4, 0.5) is 5.69 Å². The minimum Gasteiger partial charge on any atom is -0.487 e. The smallest absolute Gasteiger partial charge is 0.323 e. The van der Waals surface area contributed by atoms with Gasteiger partial charge in [-0.3, -0.25) is 14.9 Å². The van der Waals surface area contributed by atoms with Gasteiger partial charge in [-0.25, -0.2) is 0 Å². The molecule has 0 amide bonds.